The fourth-order valence-corrected chi connectivity index (χ4v) is 1.49. The van der Waals surface area contributed by atoms with Crippen LogP contribution in [-0.2, 0) is 0 Å². The van der Waals surface area contributed by atoms with Gasteiger partial charge in [0.05, 0.1) is 5.56 Å². The van der Waals surface area contributed by atoms with Crippen molar-refractivity contribution >= 4 is 5.91 Å². The van der Waals surface area contributed by atoms with Crippen LogP contribution in [-0.4, -0.2) is 28.8 Å². The molecule has 1 aromatic rings. The Morgan fingerprint density at radius 1 is 1.53 bits per heavy atom. The minimum Gasteiger partial charge on any atom is -0.507 e. The van der Waals surface area contributed by atoms with Gasteiger partial charge in [-0.05, 0) is 31.0 Å². The number of benzene rings is 1. The van der Waals surface area contributed by atoms with Gasteiger partial charge in [0.15, 0.2) is 0 Å². The maximum Gasteiger partial charge on any atom is 0.255 e. The third-order valence-corrected chi connectivity index (χ3v) is 2.51. The van der Waals surface area contributed by atoms with Crippen molar-refractivity contribution in [1.82, 2.24) is 5.32 Å². The van der Waals surface area contributed by atoms with E-state index in [-0.39, 0.29) is 24.0 Å². The molecule has 0 aromatic heterocycles. The molecule has 1 atom stereocenters. The topological polar surface area (TPSA) is 69.6 Å². The van der Waals surface area contributed by atoms with Crippen LogP contribution in [0.2, 0.25) is 0 Å². The summed E-state index contributed by atoms with van der Waals surface area (Å²) in [6.07, 6.45) is 1.08. The first-order chi connectivity index (χ1) is 8.08. The van der Waals surface area contributed by atoms with Crippen molar-refractivity contribution < 1.29 is 19.4 Å². The molecule has 4 nitrogen and oxygen atoms in total. The molecule has 0 fully saturated rings. The molecule has 0 bridgehead atoms. The number of aromatic hydroxyl groups is 1. The first kappa shape index (κ1) is 13.4. The summed E-state index contributed by atoms with van der Waals surface area (Å²) in [5.41, 5.74) is -0.0959. The highest BCUT2D eigenvalue weighted by atomic mass is 19.1. The average Bonchev–Trinajstić information content (AvgIpc) is 2.31. The van der Waals surface area contributed by atoms with Crippen molar-refractivity contribution in [3.63, 3.8) is 0 Å². The molecular weight excluding hydrogens is 225 g/mol. The van der Waals surface area contributed by atoms with Crippen molar-refractivity contribution in [1.29, 1.82) is 0 Å². The number of amides is 1. The molecule has 0 aliphatic heterocycles. The van der Waals surface area contributed by atoms with Gasteiger partial charge in [-0.1, -0.05) is 6.92 Å². The predicted octanol–water partition coefficient (Wildman–Crippen LogP) is 1.42. The van der Waals surface area contributed by atoms with Gasteiger partial charge in [-0.2, -0.15) is 0 Å². The molecule has 1 amide bonds. The summed E-state index contributed by atoms with van der Waals surface area (Å²) in [5, 5.41) is 20.9. The second-order valence-corrected chi connectivity index (χ2v) is 3.75. The fraction of sp³-hybridized carbons (Fsp3) is 0.417. The first-order valence-electron chi connectivity index (χ1n) is 5.48. The monoisotopic (exact) mass is 241 g/mol. The molecule has 0 spiro atoms. The summed E-state index contributed by atoms with van der Waals surface area (Å²) in [7, 11) is 0. The van der Waals surface area contributed by atoms with Crippen molar-refractivity contribution in [3.05, 3.63) is 29.6 Å². The average molecular weight is 241 g/mol. The second-order valence-electron chi connectivity index (χ2n) is 3.75. The minimum atomic E-state index is -0.580. The first-order valence-corrected chi connectivity index (χ1v) is 5.48. The van der Waals surface area contributed by atoms with Gasteiger partial charge in [0.25, 0.3) is 5.91 Å². The van der Waals surface area contributed by atoms with E-state index in [0.717, 1.165) is 18.2 Å². The fourth-order valence-electron chi connectivity index (χ4n) is 1.49. The van der Waals surface area contributed by atoms with E-state index < -0.39 is 11.7 Å². The highest BCUT2D eigenvalue weighted by Gasteiger charge is 2.15. The molecule has 0 aliphatic rings. The van der Waals surface area contributed by atoms with Crippen LogP contribution >= 0.6 is 0 Å². The second kappa shape index (κ2) is 6.20. The number of carbonyl (C=O) groups is 1. The van der Waals surface area contributed by atoms with E-state index in [9.17, 15) is 14.3 Å². The Balaban J connectivity index is 2.78. The van der Waals surface area contributed by atoms with E-state index in [2.05, 4.69) is 5.32 Å². The maximum absolute atomic E-state index is 12.9. The molecule has 0 saturated carbocycles. The lowest BCUT2D eigenvalue weighted by Crippen LogP contribution is -2.35. The summed E-state index contributed by atoms with van der Waals surface area (Å²) >= 11 is 0. The summed E-state index contributed by atoms with van der Waals surface area (Å²) < 4.78 is 12.9. The quantitative estimate of drug-likeness (QED) is 0.730. The highest BCUT2D eigenvalue weighted by Crippen LogP contribution is 2.18. The van der Waals surface area contributed by atoms with Crippen molar-refractivity contribution in [2.75, 3.05) is 6.61 Å². The van der Waals surface area contributed by atoms with Gasteiger partial charge in [-0.15, -0.1) is 0 Å². The van der Waals surface area contributed by atoms with Crippen LogP contribution in [0, 0.1) is 5.82 Å². The van der Waals surface area contributed by atoms with Crippen molar-refractivity contribution in [3.8, 4) is 5.75 Å². The van der Waals surface area contributed by atoms with Crippen LogP contribution in [0.3, 0.4) is 0 Å². The summed E-state index contributed by atoms with van der Waals surface area (Å²) in [5.74, 6) is -1.38. The lowest BCUT2D eigenvalue weighted by molar-refractivity contribution is 0.0926. The lowest BCUT2D eigenvalue weighted by atomic mass is 10.1. The Morgan fingerprint density at radius 2 is 2.24 bits per heavy atom. The number of phenols is 1. The van der Waals surface area contributed by atoms with E-state index in [1.807, 2.05) is 6.92 Å². The van der Waals surface area contributed by atoms with Crippen LogP contribution in [0.4, 0.5) is 4.39 Å². The van der Waals surface area contributed by atoms with Crippen molar-refractivity contribution in [2.24, 2.45) is 0 Å². The number of nitrogens with one attached hydrogen (secondary N) is 1. The zero-order chi connectivity index (χ0) is 12.8. The number of halogens is 1. The van der Waals surface area contributed by atoms with E-state index >= 15 is 0 Å². The third-order valence-electron chi connectivity index (χ3n) is 2.51. The molecule has 5 heteroatoms. The zero-order valence-corrected chi connectivity index (χ0v) is 9.61. The number of aliphatic hydroxyl groups is 1. The minimum absolute atomic E-state index is 0.0338. The summed E-state index contributed by atoms with van der Waals surface area (Å²) in [6, 6.07) is 3.01. The number of rotatable bonds is 5. The van der Waals surface area contributed by atoms with Gasteiger partial charge in [0.2, 0.25) is 0 Å². The van der Waals surface area contributed by atoms with Gasteiger partial charge < -0.3 is 15.5 Å². The Hall–Kier alpha value is -1.62. The molecule has 0 aliphatic carbocycles. The molecule has 0 saturated heterocycles. The molecule has 0 heterocycles. The van der Waals surface area contributed by atoms with Gasteiger partial charge in [-0.25, -0.2) is 4.39 Å². The van der Waals surface area contributed by atoms with Crippen molar-refractivity contribution in [2.45, 2.75) is 25.8 Å². The number of hydrogen-bond acceptors (Lipinski definition) is 3. The molecular formula is C12H16FNO3. The Labute approximate surface area is 99.1 Å². The molecule has 94 valence electrons. The largest absolute Gasteiger partial charge is 0.507 e. The molecule has 1 rings (SSSR count). The molecule has 17 heavy (non-hydrogen) atoms. The predicted molar refractivity (Wildman–Crippen MR) is 61.3 cm³/mol. The Kier molecular flexibility index (Phi) is 4.90. The Bertz CT molecular complexity index is 395. The van der Waals surface area contributed by atoms with Crippen LogP contribution in [0.25, 0.3) is 0 Å². The Morgan fingerprint density at radius 3 is 2.82 bits per heavy atom. The highest BCUT2D eigenvalue weighted by molar-refractivity contribution is 5.96. The van der Waals surface area contributed by atoms with E-state index in [0.29, 0.717) is 12.8 Å². The van der Waals surface area contributed by atoms with Gasteiger partial charge in [0.1, 0.15) is 11.6 Å². The zero-order valence-electron chi connectivity index (χ0n) is 9.61. The van der Waals surface area contributed by atoms with Gasteiger partial charge in [-0.3, -0.25) is 4.79 Å². The number of hydrogen-bond donors (Lipinski definition) is 3. The molecule has 1 unspecified atom stereocenters. The van der Waals surface area contributed by atoms with E-state index in [1.54, 1.807) is 0 Å². The molecule has 0 radical (unpaired) electrons. The normalized spacial score (nSPS) is 12.2. The SMILES string of the molecule is CCC(CCO)NC(=O)c1cc(F)ccc1O. The van der Waals surface area contributed by atoms with E-state index in [4.69, 9.17) is 5.11 Å². The van der Waals surface area contributed by atoms with Crippen LogP contribution in [0.5, 0.6) is 5.75 Å². The lowest BCUT2D eigenvalue weighted by Gasteiger charge is -2.16. The third kappa shape index (κ3) is 3.71. The molecule has 3 N–H and O–H groups in total. The van der Waals surface area contributed by atoms with Gasteiger partial charge in [0, 0.05) is 12.6 Å². The van der Waals surface area contributed by atoms with Crippen LogP contribution in [0.1, 0.15) is 30.1 Å². The summed E-state index contributed by atoms with van der Waals surface area (Å²) in [4.78, 5) is 11.7. The van der Waals surface area contributed by atoms with Crippen LogP contribution < -0.4 is 5.32 Å². The number of carbonyl (C=O) groups excluding carboxylic acids is 1. The number of phenolic OH excluding ortho intramolecular Hbond substituents is 1. The number of aliphatic hydroxyl groups excluding tert-OH is 1. The van der Waals surface area contributed by atoms with E-state index in [1.165, 1.54) is 0 Å². The molecule has 1 aromatic carbocycles. The standard InChI is InChI=1S/C12H16FNO3/c1-2-9(5-6-15)14-12(17)10-7-8(13)3-4-11(10)16/h3-4,7,9,15-16H,2,5-6H2,1H3,(H,14,17). The summed E-state index contributed by atoms with van der Waals surface area (Å²) in [6.45, 7) is 1.83. The van der Waals surface area contributed by atoms with Gasteiger partial charge >= 0.3 is 0 Å². The smallest absolute Gasteiger partial charge is 0.255 e. The maximum atomic E-state index is 12.9. The van der Waals surface area contributed by atoms with Crippen LogP contribution in [0.15, 0.2) is 18.2 Å².